The second kappa shape index (κ2) is 4.17. The lowest BCUT2D eigenvalue weighted by Crippen LogP contribution is -2.24. The summed E-state index contributed by atoms with van der Waals surface area (Å²) in [4.78, 5) is 0. The van der Waals surface area contributed by atoms with Gasteiger partial charge in [0, 0.05) is 5.33 Å². The molecular weight excluding hydrogens is 252 g/mol. The van der Waals surface area contributed by atoms with Crippen molar-refractivity contribution >= 4 is 15.9 Å². The smallest absolute Gasteiger partial charge is 0.115 e. The maximum atomic E-state index is 9.43. The molecule has 1 atom stereocenters. The van der Waals surface area contributed by atoms with E-state index in [0.717, 1.165) is 17.7 Å². The van der Waals surface area contributed by atoms with E-state index in [4.69, 9.17) is 0 Å². The largest absolute Gasteiger partial charge is 0.508 e. The molecule has 2 rings (SSSR count). The lowest BCUT2D eigenvalue weighted by Gasteiger charge is -2.27. The molecule has 2 heteroatoms. The number of hydrogen-bond donors (Lipinski definition) is 1. The van der Waals surface area contributed by atoms with Crippen LogP contribution >= 0.6 is 15.9 Å². The number of hydrogen-bond acceptors (Lipinski definition) is 1. The fourth-order valence-electron chi connectivity index (χ4n) is 2.21. The van der Waals surface area contributed by atoms with Crippen LogP contribution in [0.3, 0.4) is 0 Å². The van der Waals surface area contributed by atoms with Crippen LogP contribution in [0, 0.1) is 11.3 Å². The summed E-state index contributed by atoms with van der Waals surface area (Å²) >= 11 is 3.63. The summed E-state index contributed by atoms with van der Waals surface area (Å²) in [5.41, 5.74) is 1.59. The summed E-state index contributed by atoms with van der Waals surface area (Å²) < 4.78 is 0. The molecule has 0 radical (unpaired) electrons. The molecule has 0 spiro atoms. The van der Waals surface area contributed by atoms with Crippen molar-refractivity contribution in [3.63, 3.8) is 0 Å². The molecule has 0 aliphatic heterocycles. The lowest BCUT2D eigenvalue weighted by molar-refractivity contribution is 0.318. The number of aromatic hydroxyl groups is 1. The zero-order valence-corrected chi connectivity index (χ0v) is 10.6. The van der Waals surface area contributed by atoms with E-state index < -0.39 is 0 Å². The van der Waals surface area contributed by atoms with Crippen LogP contribution in [0.15, 0.2) is 24.3 Å². The Hall–Kier alpha value is -0.500. The average molecular weight is 269 g/mol. The SMILES string of the molecule is CC(CBr)(Cc1cccc(O)c1)C1CC1. The van der Waals surface area contributed by atoms with Gasteiger partial charge in [0.05, 0.1) is 0 Å². The summed E-state index contributed by atoms with van der Waals surface area (Å²) in [6.07, 6.45) is 3.78. The summed E-state index contributed by atoms with van der Waals surface area (Å²) in [6.45, 7) is 2.34. The first-order valence-electron chi connectivity index (χ1n) is 5.48. The molecule has 0 aromatic heterocycles. The minimum atomic E-state index is 0.355. The van der Waals surface area contributed by atoms with Gasteiger partial charge in [-0.15, -0.1) is 0 Å². The normalized spacial score (nSPS) is 19.9. The second-order valence-corrected chi connectivity index (χ2v) is 5.47. The van der Waals surface area contributed by atoms with Crippen molar-refractivity contribution in [3.8, 4) is 5.75 Å². The Morgan fingerprint density at radius 1 is 1.47 bits per heavy atom. The Morgan fingerprint density at radius 3 is 2.73 bits per heavy atom. The topological polar surface area (TPSA) is 20.2 Å². The maximum absolute atomic E-state index is 9.43. The van der Waals surface area contributed by atoms with E-state index in [1.807, 2.05) is 12.1 Å². The number of halogens is 1. The van der Waals surface area contributed by atoms with Gasteiger partial charge >= 0.3 is 0 Å². The van der Waals surface area contributed by atoms with Crippen molar-refractivity contribution in [2.24, 2.45) is 11.3 Å². The van der Waals surface area contributed by atoms with Gasteiger partial charge in [0.1, 0.15) is 5.75 Å². The van der Waals surface area contributed by atoms with Gasteiger partial charge in [-0.05, 0) is 48.3 Å². The fourth-order valence-corrected chi connectivity index (χ4v) is 2.87. The maximum Gasteiger partial charge on any atom is 0.115 e. The molecular formula is C13H17BrO. The van der Waals surface area contributed by atoms with Crippen LogP contribution in [0.1, 0.15) is 25.3 Å². The van der Waals surface area contributed by atoms with Gasteiger partial charge < -0.3 is 5.11 Å². The van der Waals surface area contributed by atoms with Crippen molar-refractivity contribution in [3.05, 3.63) is 29.8 Å². The summed E-state index contributed by atoms with van der Waals surface area (Å²) in [5, 5.41) is 10.5. The molecule has 1 aliphatic rings. The number of rotatable bonds is 4. The van der Waals surface area contributed by atoms with Crippen LogP contribution in [-0.4, -0.2) is 10.4 Å². The van der Waals surface area contributed by atoms with Crippen molar-refractivity contribution < 1.29 is 5.11 Å². The van der Waals surface area contributed by atoms with Crippen LogP contribution in [-0.2, 0) is 6.42 Å². The highest BCUT2D eigenvalue weighted by Crippen LogP contribution is 2.48. The van der Waals surface area contributed by atoms with Crippen LogP contribution in [0.5, 0.6) is 5.75 Å². The Bertz CT molecular complexity index is 346. The predicted molar refractivity (Wildman–Crippen MR) is 66.4 cm³/mol. The van der Waals surface area contributed by atoms with Crippen molar-refractivity contribution in [1.82, 2.24) is 0 Å². The molecule has 1 N–H and O–H groups in total. The first kappa shape index (κ1) is 11.0. The van der Waals surface area contributed by atoms with E-state index >= 15 is 0 Å². The van der Waals surface area contributed by atoms with E-state index in [-0.39, 0.29) is 0 Å². The Morgan fingerprint density at radius 2 is 2.20 bits per heavy atom. The van der Waals surface area contributed by atoms with E-state index in [1.54, 1.807) is 6.07 Å². The minimum absolute atomic E-state index is 0.355. The van der Waals surface area contributed by atoms with E-state index in [9.17, 15) is 5.11 Å². The van der Waals surface area contributed by atoms with Crippen molar-refractivity contribution in [1.29, 1.82) is 0 Å². The molecule has 0 amide bonds. The molecule has 1 fully saturated rings. The van der Waals surface area contributed by atoms with Gasteiger partial charge in [-0.2, -0.15) is 0 Å². The molecule has 82 valence electrons. The molecule has 15 heavy (non-hydrogen) atoms. The third-order valence-electron chi connectivity index (χ3n) is 3.39. The molecule has 0 heterocycles. The highest BCUT2D eigenvalue weighted by molar-refractivity contribution is 9.09. The fraction of sp³-hybridized carbons (Fsp3) is 0.538. The highest BCUT2D eigenvalue weighted by atomic mass is 79.9. The average Bonchev–Trinajstić information content (AvgIpc) is 3.01. The minimum Gasteiger partial charge on any atom is -0.508 e. The summed E-state index contributed by atoms with van der Waals surface area (Å²) in [7, 11) is 0. The Balaban J connectivity index is 2.12. The zero-order chi connectivity index (χ0) is 10.9. The van der Waals surface area contributed by atoms with Gasteiger partial charge in [-0.25, -0.2) is 0 Å². The first-order valence-corrected chi connectivity index (χ1v) is 6.60. The molecule has 1 nitrogen and oxygen atoms in total. The molecule has 1 aromatic carbocycles. The first-order chi connectivity index (χ1) is 7.14. The highest BCUT2D eigenvalue weighted by Gasteiger charge is 2.40. The molecule has 1 unspecified atom stereocenters. The van der Waals surface area contributed by atoms with Gasteiger partial charge in [0.15, 0.2) is 0 Å². The van der Waals surface area contributed by atoms with E-state index in [0.29, 0.717) is 11.2 Å². The summed E-state index contributed by atoms with van der Waals surface area (Å²) in [5.74, 6) is 1.24. The summed E-state index contributed by atoms with van der Waals surface area (Å²) in [6, 6.07) is 7.63. The van der Waals surface area contributed by atoms with Gasteiger partial charge in [-0.3, -0.25) is 0 Å². The van der Waals surface area contributed by atoms with Crippen LogP contribution in [0.4, 0.5) is 0 Å². The number of benzene rings is 1. The van der Waals surface area contributed by atoms with Crippen molar-refractivity contribution in [2.45, 2.75) is 26.2 Å². The third kappa shape index (κ3) is 2.54. The second-order valence-electron chi connectivity index (χ2n) is 4.91. The monoisotopic (exact) mass is 268 g/mol. The standard InChI is InChI=1S/C13H17BrO/c1-13(9-14,11-5-6-11)8-10-3-2-4-12(15)7-10/h2-4,7,11,15H,5-6,8-9H2,1H3. The van der Waals surface area contributed by atoms with E-state index in [1.165, 1.54) is 18.4 Å². The zero-order valence-electron chi connectivity index (χ0n) is 9.04. The molecule has 1 aliphatic carbocycles. The molecule has 0 saturated heterocycles. The van der Waals surface area contributed by atoms with Gasteiger partial charge in [0.2, 0.25) is 0 Å². The Kier molecular flexibility index (Phi) is 3.06. The Labute approximate surface area is 99.6 Å². The predicted octanol–water partition coefficient (Wildman–Crippen LogP) is 3.75. The molecule has 1 saturated carbocycles. The number of alkyl halides is 1. The number of phenolic OH excluding ortho intramolecular Hbond substituents is 1. The number of phenols is 1. The van der Waals surface area contributed by atoms with Crippen LogP contribution in [0.25, 0.3) is 0 Å². The van der Waals surface area contributed by atoms with E-state index in [2.05, 4.69) is 28.9 Å². The molecule has 0 bridgehead atoms. The molecule has 1 aromatic rings. The van der Waals surface area contributed by atoms with Crippen LogP contribution in [0.2, 0.25) is 0 Å². The third-order valence-corrected chi connectivity index (χ3v) is 4.67. The van der Waals surface area contributed by atoms with Gasteiger partial charge in [0.25, 0.3) is 0 Å². The van der Waals surface area contributed by atoms with Crippen LogP contribution < -0.4 is 0 Å². The van der Waals surface area contributed by atoms with Gasteiger partial charge in [-0.1, -0.05) is 35.0 Å². The van der Waals surface area contributed by atoms with Crippen molar-refractivity contribution in [2.75, 3.05) is 5.33 Å². The quantitative estimate of drug-likeness (QED) is 0.825. The lowest BCUT2D eigenvalue weighted by atomic mass is 9.81.